The quantitative estimate of drug-likeness (QED) is 0.557. The van der Waals surface area contributed by atoms with Crippen LogP contribution in [0.15, 0.2) is 54.2 Å². The molecule has 27 heavy (non-hydrogen) atoms. The van der Waals surface area contributed by atoms with Crippen LogP contribution in [-0.4, -0.2) is 22.4 Å². The van der Waals surface area contributed by atoms with Crippen LogP contribution in [0.2, 0.25) is 0 Å². The molecule has 1 N–H and O–H groups in total. The number of benzene rings is 1. The number of carbonyl (C=O) groups is 1. The molecule has 3 rings (SSSR count). The maximum atomic E-state index is 12.9. The van der Waals surface area contributed by atoms with Crippen molar-refractivity contribution in [1.29, 1.82) is 0 Å². The number of hydrogen-bond donors (Lipinski definition) is 1. The van der Waals surface area contributed by atoms with Gasteiger partial charge in [0.05, 0.1) is 5.69 Å². The molecule has 0 aliphatic carbocycles. The normalized spacial score (nSPS) is 10.7. The van der Waals surface area contributed by atoms with Crippen LogP contribution < -0.4 is 5.32 Å². The molecule has 0 aliphatic heterocycles. The van der Waals surface area contributed by atoms with E-state index in [9.17, 15) is 9.18 Å². The van der Waals surface area contributed by atoms with Gasteiger partial charge in [0.25, 0.3) is 0 Å². The Morgan fingerprint density at radius 3 is 2.74 bits per heavy atom. The molecular weight excluding hydrogens is 361 g/mol. The molecular formula is C21H22FN3OS. The van der Waals surface area contributed by atoms with Crippen LogP contribution in [0.5, 0.6) is 0 Å². The average Bonchev–Trinajstić information content (AvgIpc) is 3.16. The zero-order chi connectivity index (χ0) is 18.9. The van der Waals surface area contributed by atoms with Crippen LogP contribution in [0.1, 0.15) is 30.5 Å². The van der Waals surface area contributed by atoms with E-state index in [2.05, 4.69) is 15.3 Å². The Morgan fingerprint density at radius 2 is 1.96 bits per heavy atom. The smallest absolute Gasteiger partial charge is 0.220 e. The third kappa shape index (κ3) is 6.25. The fraction of sp³-hybridized carbons (Fsp3) is 0.286. The molecule has 0 radical (unpaired) electrons. The van der Waals surface area contributed by atoms with Crippen LogP contribution in [0.25, 0.3) is 10.6 Å². The minimum atomic E-state index is -0.217. The molecule has 1 amide bonds. The van der Waals surface area contributed by atoms with Crippen molar-refractivity contribution in [2.75, 3.05) is 6.54 Å². The molecule has 0 spiro atoms. The van der Waals surface area contributed by atoms with Gasteiger partial charge < -0.3 is 5.32 Å². The first-order valence-corrected chi connectivity index (χ1v) is 9.94. The van der Waals surface area contributed by atoms with Crippen molar-refractivity contribution < 1.29 is 9.18 Å². The Morgan fingerprint density at radius 1 is 1.11 bits per heavy atom. The first kappa shape index (κ1) is 19.2. The van der Waals surface area contributed by atoms with Crippen molar-refractivity contribution >= 4 is 17.2 Å². The molecule has 0 aliphatic rings. The highest BCUT2D eigenvalue weighted by molar-refractivity contribution is 7.13. The summed E-state index contributed by atoms with van der Waals surface area (Å²) in [6, 6.07) is 10.4. The predicted molar refractivity (Wildman–Crippen MR) is 106 cm³/mol. The lowest BCUT2D eigenvalue weighted by molar-refractivity contribution is -0.121. The lowest BCUT2D eigenvalue weighted by atomic mass is 10.1. The van der Waals surface area contributed by atoms with E-state index in [1.807, 2.05) is 17.5 Å². The third-order valence-corrected chi connectivity index (χ3v) is 5.14. The molecule has 0 bridgehead atoms. The fourth-order valence-electron chi connectivity index (χ4n) is 2.73. The van der Waals surface area contributed by atoms with Crippen LogP contribution >= 0.6 is 11.3 Å². The first-order valence-electron chi connectivity index (χ1n) is 9.06. The minimum Gasteiger partial charge on any atom is -0.356 e. The zero-order valence-electron chi connectivity index (χ0n) is 15.0. The summed E-state index contributed by atoms with van der Waals surface area (Å²) in [5.41, 5.74) is 3.10. The molecule has 2 heterocycles. The Hall–Kier alpha value is -2.60. The standard InChI is InChI=1S/C21H22FN3OS/c22-18-9-7-16(8-10-18)4-1-2-6-20(26)24-13-11-19-15-27-21(25-19)17-5-3-12-23-14-17/h3,5,7-10,12,14-15H,1-2,4,6,11,13H2,(H,24,26). The zero-order valence-corrected chi connectivity index (χ0v) is 15.8. The van der Waals surface area contributed by atoms with Gasteiger partial charge in [-0.3, -0.25) is 9.78 Å². The number of pyridine rings is 1. The Labute approximate surface area is 162 Å². The fourth-order valence-corrected chi connectivity index (χ4v) is 3.57. The summed E-state index contributed by atoms with van der Waals surface area (Å²) in [4.78, 5) is 20.6. The average molecular weight is 383 g/mol. The molecule has 6 heteroatoms. The molecule has 140 valence electrons. The Bertz CT molecular complexity index is 849. The van der Waals surface area contributed by atoms with Gasteiger partial charge in [0, 0.05) is 42.7 Å². The van der Waals surface area contributed by atoms with Crippen LogP contribution in [-0.2, 0) is 17.6 Å². The van der Waals surface area contributed by atoms with E-state index in [-0.39, 0.29) is 11.7 Å². The number of hydrogen-bond acceptors (Lipinski definition) is 4. The van der Waals surface area contributed by atoms with Crippen molar-refractivity contribution in [3.63, 3.8) is 0 Å². The molecule has 3 aromatic rings. The van der Waals surface area contributed by atoms with E-state index in [0.29, 0.717) is 13.0 Å². The largest absolute Gasteiger partial charge is 0.356 e. The second kappa shape index (κ2) is 9.92. The molecule has 0 saturated heterocycles. The van der Waals surface area contributed by atoms with Crippen molar-refractivity contribution in [1.82, 2.24) is 15.3 Å². The van der Waals surface area contributed by atoms with Gasteiger partial charge in [-0.1, -0.05) is 12.1 Å². The third-order valence-electron chi connectivity index (χ3n) is 4.20. The number of nitrogens with zero attached hydrogens (tertiary/aromatic N) is 2. The van der Waals surface area contributed by atoms with Crippen molar-refractivity contribution in [2.24, 2.45) is 0 Å². The van der Waals surface area contributed by atoms with Gasteiger partial charge in [-0.2, -0.15) is 0 Å². The van der Waals surface area contributed by atoms with E-state index < -0.39 is 0 Å². The summed E-state index contributed by atoms with van der Waals surface area (Å²) < 4.78 is 12.9. The highest BCUT2D eigenvalue weighted by Crippen LogP contribution is 2.22. The minimum absolute atomic E-state index is 0.0665. The van der Waals surface area contributed by atoms with Gasteiger partial charge >= 0.3 is 0 Å². The number of aromatic nitrogens is 2. The number of rotatable bonds is 9. The van der Waals surface area contributed by atoms with Gasteiger partial charge in [-0.05, 0) is 49.1 Å². The lowest BCUT2D eigenvalue weighted by Crippen LogP contribution is -2.25. The second-order valence-corrected chi connectivity index (χ2v) is 7.18. The number of unbranched alkanes of at least 4 members (excludes halogenated alkanes) is 1. The molecule has 0 unspecified atom stereocenters. The maximum absolute atomic E-state index is 12.9. The molecule has 0 saturated carbocycles. The number of halogens is 1. The van der Waals surface area contributed by atoms with Crippen LogP contribution in [0.3, 0.4) is 0 Å². The van der Waals surface area contributed by atoms with Crippen molar-refractivity contribution in [3.8, 4) is 10.6 Å². The summed E-state index contributed by atoms with van der Waals surface area (Å²) in [6.07, 6.45) is 7.38. The van der Waals surface area contributed by atoms with E-state index in [1.54, 1.807) is 35.9 Å². The van der Waals surface area contributed by atoms with Gasteiger partial charge in [-0.15, -0.1) is 11.3 Å². The summed E-state index contributed by atoms with van der Waals surface area (Å²) in [7, 11) is 0. The lowest BCUT2D eigenvalue weighted by Gasteiger charge is -2.04. The van der Waals surface area contributed by atoms with E-state index in [0.717, 1.165) is 47.5 Å². The van der Waals surface area contributed by atoms with Crippen LogP contribution in [0, 0.1) is 5.82 Å². The number of amides is 1. The van der Waals surface area contributed by atoms with Crippen molar-refractivity contribution in [3.05, 3.63) is 71.2 Å². The van der Waals surface area contributed by atoms with E-state index >= 15 is 0 Å². The molecule has 2 aromatic heterocycles. The maximum Gasteiger partial charge on any atom is 0.220 e. The number of thiazole rings is 1. The Kier molecular flexibility index (Phi) is 7.04. The molecule has 0 atom stereocenters. The van der Waals surface area contributed by atoms with Gasteiger partial charge in [-0.25, -0.2) is 9.37 Å². The first-order chi connectivity index (χ1) is 13.2. The van der Waals surface area contributed by atoms with Gasteiger partial charge in [0.1, 0.15) is 10.8 Å². The molecule has 0 fully saturated rings. The molecule has 1 aromatic carbocycles. The highest BCUT2D eigenvalue weighted by Gasteiger charge is 2.06. The van der Waals surface area contributed by atoms with Gasteiger partial charge in [0.2, 0.25) is 5.91 Å². The summed E-state index contributed by atoms with van der Waals surface area (Å²) in [5, 5.41) is 5.92. The highest BCUT2D eigenvalue weighted by atomic mass is 32.1. The predicted octanol–water partition coefficient (Wildman–Crippen LogP) is 4.42. The Balaban J connectivity index is 1.31. The summed E-state index contributed by atoms with van der Waals surface area (Å²) in [5.74, 6) is -0.150. The topological polar surface area (TPSA) is 54.9 Å². The number of aryl methyl sites for hydroxylation is 1. The molecule has 4 nitrogen and oxygen atoms in total. The summed E-state index contributed by atoms with van der Waals surface area (Å²) in [6.45, 7) is 0.590. The number of carbonyl (C=O) groups excluding carboxylic acids is 1. The number of nitrogens with one attached hydrogen (secondary N) is 1. The van der Waals surface area contributed by atoms with Crippen LogP contribution in [0.4, 0.5) is 4.39 Å². The SMILES string of the molecule is O=C(CCCCc1ccc(F)cc1)NCCc1csc(-c2cccnc2)n1. The second-order valence-electron chi connectivity index (χ2n) is 6.32. The summed E-state index contributed by atoms with van der Waals surface area (Å²) >= 11 is 1.59. The van der Waals surface area contributed by atoms with Crippen molar-refractivity contribution in [2.45, 2.75) is 32.1 Å². The van der Waals surface area contributed by atoms with Gasteiger partial charge in [0.15, 0.2) is 0 Å². The monoisotopic (exact) mass is 383 g/mol. The van der Waals surface area contributed by atoms with E-state index in [1.165, 1.54) is 12.1 Å². The van der Waals surface area contributed by atoms with E-state index in [4.69, 9.17) is 0 Å².